The van der Waals surface area contributed by atoms with Crippen molar-refractivity contribution < 1.29 is 26.1 Å². The number of rotatable bonds is 6. The number of sulfone groups is 1. The van der Waals surface area contributed by atoms with Gasteiger partial charge in [0.2, 0.25) is 9.84 Å². The van der Waals surface area contributed by atoms with E-state index in [2.05, 4.69) is 5.32 Å². The Morgan fingerprint density at radius 2 is 1.43 bits per heavy atom. The van der Waals surface area contributed by atoms with Crippen LogP contribution in [0.1, 0.15) is 17.5 Å². The van der Waals surface area contributed by atoms with E-state index in [1.165, 1.54) is 24.3 Å². The molecule has 2 N–H and O–H groups in total. The second-order valence-electron chi connectivity index (χ2n) is 6.98. The van der Waals surface area contributed by atoms with Crippen molar-refractivity contribution >= 4 is 20.0 Å². The Morgan fingerprint density at radius 1 is 0.929 bits per heavy atom. The third-order valence-corrected chi connectivity index (χ3v) is 7.98. The fourth-order valence-corrected chi connectivity index (χ4v) is 5.57. The highest BCUT2D eigenvalue weighted by Gasteiger charge is 2.39. The molecule has 9 heteroatoms. The molecule has 0 radical (unpaired) electrons. The van der Waals surface area contributed by atoms with Gasteiger partial charge in [-0.1, -0.05) is 35.4 Å². The van der Waals surface area contributed by atoms with Gasteiger partial charge < -0.3 is 10.4 Å². The third kappa shape index (κ3) is 4.44. The maximum Gasteiger partial charge on any atom is 0.297 e. The van der Waals surface area contributed by atoms with Crippen LogP contribution >= 0.6 is 0 Å². The Labute approximate surface area is 165 Å². The molecule has 1 fully saturated rings. The van der Waals surface area contributed by atoms with Crippen molar-refractivity contribution in [3.8, 4) is 0 Å². The Morgan fingerprint density at radius 3 is 1.96 bits per heavy atom. The zero-order valence-corrected chi connectivity index (χ0v) is 17.2. The Hall–Kier alpha value is -1.78. The van der Waals surface area contributed by atoms with Crippen LogP contribution < -0.4 is 5.32 Å². The number of hydrogen-bond acceptors (Lipinski definition) is 7. The van der Waals surface area contributed by atoms with Crippen LogP contribution in [0, 0.1) is 13.8 Å². The highest BCUT2D eigenvalue weighted by molar-refractivity contribution is 7.92. The second kappa shape index (κ2) is 7.92. The Balaban J connectivity index is 1.69. The monoisotopic (exact) mass is 425 g/mol. The molecule has 0 saturated carbocycles. The molecule has 7 nitrogen and oxygen atoms in total. The summed E-state index contributed by atoms with van der Waals surface area (Å²) in [7, 11) is -7.95. The Bertz CT molecular complexity index is 1030. The number of nitrogens with one attached hydrogen (secondary N) is 1. The van der Waals surface area contributed by atoms with Gasteiger partial charge in [0.1, 0.15) is 0 Å². The van der Waals surface area contributed by atoms with Gasteiger partial charge in [0.15, 0.2) is 5.44 Å². The van der Waals surface area contributed by atoms with Gasteiger partial charge in [-0.15, -0.1) is 0 Å². The molecular weight excluding hydrogens is 402 g/mol. The van der Waals surface area contributed by atoms with Gasteiger partial charge in [-0.05, 0) is 44.5 Å². The number of benzene rings is 2. The summed E-state index contributed by atoms with van der Waals surface area (Å²) in [5.41, 5.74) is 0.124. The van der Waals surface area contributed by atoms with Crippen LogP contribution in [0.2, 0.25) is 0 Å². The lowest BCUT2D eigenvalue weighted by Gasteiger charge is -2.19. The summed E-state index contributed by atoms with van der Waals surface area (Å²) in [6.07, 6.45) is -0.712. The van der Waals surface area contributed by atoms with Crippen LogP contribution in [0.5, 0.6) is 0 Å². The molecule has 1 aliphatic rings. The van der Waals surface area contributed by atoms with Crippen LogP contribution in [0.3, 0.4) is 0 Å². The van der Waals surface area contributed by atoms with E-state index in [-0.39, 0.29) is 22.8 Å². The molecule has 3 rings (SSSR count). The first-order valence-corrected chi connectivity index (χ1v) is 11.8. The molecule has 3 atom stereocenters. The SMILES string of the molecule is Cc1ccc(S(=O)(=O)OC2CNC(C(O)S(=O)(=O)c3ccc(C)cc3)C2)cc1. The number of aliphatic hydroxyl groups is 1. The molecule has 152 valence electrons. The summed E-state index contributed by atoms with van der Waals surface area (Å²) < 4.78 is 55.3. The van der Waals surface area contributed by atoms with E-state index >= 15 is 0 Å². The summed E-state index contributed by atoms with van der Waals surface area (Å²) in [6, 6.07) is 11.6. The molecule has 1 saturated heterocycles. The van der Waals surface area contributed by atoms with Gasteiger partial charge in [0, 0.05) is 6.54 Å². The fourth-order valence-electron chi connectivity index (χ4n) is 3.05. The van der Waals surface area contributed by atoms with E-state index in [0.29, 0.717) is 0 Å². The van der Waals surface area contributed by atoms with E-state index in [4.69, 9.17) is 4.18 Å². The average Bonchev–Trinajstić information content (AvgIpc) is 3.09. The molecule has 1 aliphatic heterocycles. The topological polar surface area (TPSA) is 110 Å². The highest BCUT2D eigenvalue weighted by Crippen LogP contribution is 2.25. The van der Waals surface area contributed by atoms with Crippen LogP contribution in [0.15, 0.2) is 58.3 Å². The summed E-state index contributed by atoms with van der Waals surface area (Å²) >= 11 is 0. The summed E-state index contributed by atoms with van der Waals surface area (Å²) in [5, 5.41) is 13.3. The number of hydrogen-bond donors (Lipinski definition) is 2. The first-order valence-electron chi connectivity index (χ1n) is 8.81. The largest absolute Gasteiger partial charge is 0.375 e. The molecule has 1 heterocycles. The zero-order valence-electron chi connectivity index (χ0n) is 15.6. The standard InChI is InChI=1S/C19H23NO6S2/c1-13-3-7-16(8-4-13)27(22,23)19(21)18-11-15(12-20-18)26-28(24,25)17-9-5-14(2)6-10-17/h3-10,15,18-21H,11-12H2,1-2H3. The average molecular weight is 426 g/mol. The third-order valence-electron chi connectivity index (χ3n) is 4.71. The highest BCUT2D eigenvalue weighted by atomic mass is 32.2. The predicted octanol–water partition coefficient (Wildman–Crippen LogP) is 1.53. The van der Waals surface area contributed by atoms with E-state index in [0.717, 1.165) is 11.1 Å². The fraction of sp³-hybridized carbons (Fsp3) is 0.368. The predicted molar refractivity (Wildman–Crippen MR) is 104 cm³/mol. The van der Waals surface area contributed by atoms with Gasteiger partial charge in [-0.2, -0.15) is 8.42 Å². The molecule has 0 aliphatic carbocycles. The first-order chi connectivity index (χ1) is 13.1. The molecular formula is C19H23NO6S2. The summed E-state index contributed by atoms with van der Waals surface area (Å²) in [6.45, 7) is 3.80. The minimum absolute atomic E-state index is 0.0176. The van der Waals surface area contributed by atoms with Crippen molar-refractivity contribution in [2.24, 2.45) is 0 Å². The maximum atomic E-state index is 12.6. The van der Waals surface area contributed by atoms with E-state index in [1.807, 2.05) is 13.8 Å². The minimum Gasteiger partial charge on any atom is -0.375 e. The van der Waals surface area contributed by atoms with Gasteiger partial charge >= 0.3 is 0 Å². The molecule has 0 aromatic heterocycles. The van der Waals surface area contributed by atoms with Crippen LogP contribution in [-0.2, 0) is 24.1 Å². The van der Waals surface area contributed by atoms with Crippen LogP contribution in [-0.4, -0.2) is 46.1 Å². The lowest BCUT2D eigenvalue weighted by molar-refractivity contribution is 0.189. The zero-order chi connectivity index (χ0) is 20.5. The van der Waals surface area contributed by atoms with Gasteiger partial charge in [0.05, 0.1) is 21.9 Å². The van der Waals surface area contributed by atoms with Crippen molar-refractivity contribution in [2.45, 2.75) is 47.6 Å². The van der Waals surface area contributed by atoms with Gasteiger partial charge in [0.25, 0.3) is 10.1 Å². The first kappa shape index (κ1) is 20.9. The van der Waals surface area contributed by atoms with Crippen molar-refractivity contribution in [1.82, 2.24) is 5.32 Å². The van der Waals surface area contributed by atoms with Crippen molar-refractivity contribution in [1.29, 1.82) is 0 Å². The van der Waals surface area contributed by atoms with Gasteiger partial charge in [-0.25, -0.2) is 8.42 Å². The van der Waals surface area contributed by atoms with E-state index in [9.17, 15) is 21.9 Å². The van der Waals surface area contributed by atoms with Gasteiger partial charge in [-0.3, -0.25) is 4.18 Å². The van der Waals surface area contributed by atoms with Crippen molar-refractivity contribution in [2.75, 3.05) is 6.54 Å². The molecule has 2 aromatic carbocycles. The quantitative estimate of drug-likeness (QED) is 0.676. The lowest BCUT2D eigenvalue weighted by Crippen LogP contribution is -2.40. The number of aliphatic hydroxyl groups excluding tert-OH is 1. The van der Waals surface area contributed by atoms with Crippen molar-refractivity contribution in [3.63, 3.8) is 0 Å². The maximum absolute atomic E-state index is 12.6. The molecule has 3 unspecified atom stereocenters. The molecule has 2 aromatic rings. The van der Waals surface area contributed by atoms with E-state index < -0.39 is 37.5 Å². The summed E-state index contributed by atoms with van der Waals surface area (Å²) in [5.74, 6) is 0. The molecule has 28 heavy (non-hydrogen) atoms. The van der Waals surface area contributed by atoms with Crippen LogP contribution in [0.25, 0.3) is 0 Å². The number of aryl methyl sites for hydroxylation is 2. The lowest BCUT2D eigenvalue weighted by atomic mass is 10.2. The van der Waals surface area contributed by atoms with E-state index in [1.54, 1.807) is 24.3 Å². The van der Waals surface area contributed by atoms with Crippen LogP contribution in [0.4, 0.5) is 0 Å². The molecule has 0 amide bonds. The van der Waals surface area contributed by atoms with Crippen molar-refractivity contribution in [3.05, 3.63) is 59.7 Å². The molecule has 0 bridgehead atoms. The smallest absolute Gasteiger partial charge is 0.297 e. The summed E-state index contributed by atoms with van der Waals surface area (Å²) in [4.78, 5) is 0.0541. The molecule has 0 spiro atoms. The Kier molecular flexibility index (Phi) is 5.92. The second-order valence-corrected chi connectivity index (χ2v) is 10.6. The normalized spacial score (nSPS) is 21.5. The minimum atomic E-state index is -3.98.